The molecule has 0 bridgehead atoms. The van der Waals surface area contributed by atoms with Gasteiger partial charge in [-0.2, -0.15) is 5.10 Å². The van der Waals surface area contributed by atoms with E-state index in [4.69, 9.17) is 0 Å². The predicted octanol–water partition coefficient (Wildman–Crippen LogP) is 3.02. The molecule has 1 aromatic carbocycles. The molecule has 1 heterocycles. The van der Waals surface area contributed by atoms with E-state index in [1.54, 1.807) is 31.6 Å². The molecular formula is C14H15F3N2O2. The van der Waals surface area contributed by atoms with E-state index >= 15 is 0 Å². The van der Waals surface area contributed by atoms with E-state index in [1.165, 1.54) is 18.2 Å². The number of ether oxygens (including phenoxy) is 1. The fourth-order valence-electron chi connectivity index (χ4n) is 2.23. The second-order valence-electron chi connectivity index (χ2n) is 4.73. The first-order valence-electron chi connectivity index (χ1n) is 6.23. The van der Waals surface area contributed by atoms with Crippen LogP contribution in [-0.4, -0.2) is 21.2 Å². The van der Waals surface area contributed by atoms with Gasteiger partial charge in [-0.05, 0) is 31.5 Å². The van der Waals surface area contributed by atoms with E-state index in [2.05, 4.69) is 9.84 Å². The maximum atomic E-state index is 12.2. The molecule has 7 heteroatoms. The van der Waals surface area contributed by atoms with Crippen LogP contribution in [0.1, 0.15) is 28.6 Å². The molecule has 0 aliphatic carbocycles. The van der Waals surface area contributed by atoms with Crippen molar-refractivity contribution in [2.45, 2.75) is 26.3 Å². The van der Waals surface area contributed by atoms with Crippen LogP contribution in [-0.2, 0) is 7.05 Å². The molecule has 1 N–H and O–H groups in total. The van der Waals surface area contributed by atoms with E-state index in [0.29, 0.717) is 16.8 Å². The summed E-state index contributed by atoms with van der Waals surface area (Å²) in [5, 5.41) is 14.6. The van der Waals surface area contributed by atoms with Crippen LogP contribution in [0.5, 0.6) is 5.75 Å². The van der Waals surface area contributed by atoms with Crippen LogP contribution in [0.3, 0.4) is 0 Å². The largest absolute Gasteiger partial charge is 0.573 e. The van der Waals surface area contributed by atoms with Gasteiger partial charge in [0, 0.05) is 18.3 Å². The van der Waals surface area contributed by atoms with Gasteiger partial charge >= 0.3 is 6.36 Å². The molecule has 1 unspecified atom stereocenters. The fraction of sp³-hybridized carbons (Fsp3) is 0.357. The summed E-state index contributed by atoms with van der Waals surface area (Å²) < 4.78 is 42.2. The molecule has 2 aromatic rings. The van der Waals surface area contributed by atoms with Crippen molar-refractivity contribution in [3.05, 3.63) is 46.8 Å². The van der Waals surface area contributed by atoms with E-state index < -0.39 is 12.5 Å². The third-order valence-corrected chi connectivity index (χ3v) is 3.25. The summed E-state index contributed by atoms with van der Waals surface area (Å²) in [7, 11) is 1.74. The lowest BCUT2D eigenvalue weighted by molar-refractivity contribution is -0.274. The average Bonchev–Trinajstić information content (AvgIpc) is 2.61. The Morgan fingerprint density at radius 1 is 1.29 bits per heavy atom. The summed E-state index contributed by atoms with van der Waals surface area (Å²) in [6.07, 6.45) is -5.82. The number of alkyl halides is 3. The topological polar surface area (TPSA) is 47.3 Å². The number of rotatable bonds is 3. The van der Waals surface area contributed by atoms with Gasteiger partial charge in [-0.15, -0.1) is 13.2 Å². The van der Waals surface area contributed by atoms with Gasteiger partial charge in [0.2, 0.25) is 0 Å². The minimum Gasteiger partial charge on any atom is -0.406 e. The number of aryl methyl sites for hydroxylation is 2. The molecule has 1 aromatic heterocycles. The average molecular weight is 300 g/mol. The third-order valence-electron chi connectivity index (χ3n) is 3.25. The van der Waals surface area contributed by atoms with Crippen LogP contribution in [0.4, 0.5) is 13.2 Å². The highest BCUT2D eigenvalue weighted by Crippen LogP contribution is 2.30. The Morgan fingerprint density at radius 3 is 2.48 bits per heavy atom. The highest BCUT2D eigenvalue weighted by atomic mass is 19.4. The van der Waals surface area contributed by atoms with Crippen LogP contribution in [0.2, 0.25) is 0 Å². The zero-order valence-corrected chi connectivity index (χ0v) is 11.8. The van der Waals surface area contributed by atoms with Crippen molar-refractivity contribution >= 4 is 0 Å². The lowest BCUT2D eigenvalue weighted by atomic mass is 10.00. The number of halogens is 3. The molecule has 21 heavy (non-hydrogen) atoms. The third kappa shape index (κ3) is 3.36. The Balaban J connectivity index is 2.35. The predicted molar refractivity (Wildman–Crippen MR) is 69.9 cm³/mol. The van der Waals surface area contributed by atoms with Crippen molar-refractivity contribution in [2.75, 3.05) is 0 Å². The molecular weight excluding hydrogens is 285 g/mol. The van der Waals surface area contributed by atoms with E-state index in [1.807, 2.05) is 0 Å². The molecule has 0 aliphatic heterocycles. The zero-order chi connectivity index (χ0) is 15.8. The highest BCUT2D eigenvalue weighted by Gasteiger charge is 2.31. The van der Waals surface area contributed by atoms with Crippen molar-refractivity contribution in [1.29, 1.82) is 0 Å². The molecule has 0 radical (unpaired) electrons. The Hall–Kier alpha value is -2.02. The summed E-state index contributed by atoms with van der Waals surface area (Å²) in [6.45, 7) is 3.52. The van der Waals surface area contributed by atoms with Gasteiger partial charge in [0.25, 0.3) is 0 Å². The highest BCUT2D eigenvalue weighted by molar-refractivity contribution is 5.38. The molecule has 0 spiro atoms. The standard InChI is InChI=1S/C14H15F3N2O2/c1-8-12(9(2)19(3)18-8)13(20)10-5-4-6-11(7-10)21-14(15,16)17/h4-7,13,20H,1-3H3. The van der Waals surface area contributed by atoms with Crippen LogP contribution >= 0.6 is 0 Å². The van der Waals surface area contributed by atoms with Gasteiger partial charge < -0.3 is 9.84 Å². The van der Waals surface area contributed by atoms with Crippen molar-refractivity contribution in [3.63, 3.8) is 0 Å². The van der Waals surface area contributed by atoms with E-state index in [0.717, 1.165) is 5.69 Å². The summed E-state index contributed by atoms with van der Waals surface area (Å²) in [5.41, 5.74) is 2.28. The smallest absolute Gasteiger partial charge is 0.406 e. The van der Waals surface area contributed by atoms with Crippen LogP contribution in [0.25, 0.3) is 0 Å². The van der Waals surface area contributed by atoms with Crippen molar-refractivity contribution < 1.29 is 23.0 Å². The van der Waals surface area contributed by atoms with Gasteiger partial charge in [-0.25, -0.2) is 0 Å². The quantitative estimate of drug-likeness (QED) is 0.948. The Morgan fingerprint density at radius 2 is 1.95 bits per heavy atom. The first-order chi connectivity index (χ1) is 9.69. The van der Waals surface area contributed by atoms with Crippen LogP contribution < -0.4 is 4.74 Å². The number of nitrogens with zero attached hydrogens (tertiary/aromatic N) is 2. The number of aliphatic hydroxyl groups is 1. The van der Waals surface area contributed by atoms with Crippen molar-refractivity contribution in [2.24, 2.45) is 7.05 Å². The molecule has 4 nitrogen and oxygen atoms in total. The molecule has 0 saturated carbocycles. The number of hydrogen-bond acceptors (Lipinski definition) is 3. The number of aliphatic hydroxyl groups excluding tert-OH is 1. The van der Waals surface area contributed by atoms with Gasteiger partial charge in [-0.3, -0.25) is 4.68 Å². The molecule has 114 valence electrons. The second kappa shape index (κ2) is 5.40. The van der Waals surface area contributed by atoms with Crippen LogP contribution in [0.15, 0.2) is 24.3 Å². The molecule has 0 fully saturated rings. The van der Waals surface area contributed by atoms with Crippen LogP contribution in [0, 0.1) is 13.8 Å². The van der Waals surface area contributed by atoms with Gasteiger partial charge in [0.05, 0.1) is 5.69 Å². The number of aromatic nitrogens is 2. The number of benzene rings is 1. The molecule has 1 atom stereocenters. The first-order valence-corrected chi connectivity index (χ1v) is 6.23. The maximum Gasteiger partial charge on any atom is 0.573 e. The normalized spacial score (nSPS) is 13.3. The fourth-order valence-corrected chi connectivity index (χ4v) is 2.23. The summed E-state index contributed by atoms with van der Waals surface area (Å²) in [4.78, 5) is 0. The summed E-state index contributed by atoms with van der Waals surface area (Å²) in [5.74, 6) is -0.363. The van der Waals surface area contributed by atoms with E-state index in [-0.39, 0.29) is 5.75 Å². The molecule has 0 aliphatic rings. The lowest BCUT2D eigenvalue weighted by Crippen LogP contribution is -2.17. The Kier molecular flexibility index (Phi) is 3.95. The minimum absolute atomic E-state index is 0.316. The Labute approximate surface area is 119 Å². The van der Waals surface area contributed by atoms with Gasteiger partial charge in [0.15, 0.2) is 0 Å². The summed E-state index contributed by atoms with van der Waals surface area (Å²) in [6, 6.07) is 5.30. The SMILES string of the molecule is Cc1nn(C)c(C)c1C(O)c1cccc(OC(F)(F)F)c1. The molecule has 0 amide bonds. The van der Waals surface area contributed by atoms with E-state index in [9.17, 15) is 18.3 Å². The summed E-state index contributed by atoms with van der Waals surface area (Å²) >= 11 is 0. The molecule has 0 saturated heterocycles. The lowest BCUT2D eigenvalue weighted by Gasteiger charge is -2.14. The maximum absolute atomic E-state index is 12.2. The minimum atomic E-state index is -4.76. The second-order valence-corrected chi connectivity index (χ2v) is 4.73. The first kappa shape index (κ1) is 15.4. The van der Waals surface area contributed by atoms with Gasteiger partial charge in [-0.1, -0.05) is 12.1 Å². The number of hydrogen-bond donors (Lipinski definition) is 1. The van der Waals surface area contributed by atoms with Crippen molar-refractivity contribution in [3.8, 4) is 5.75 Å². The molecule has 2 rings (SSSR count). The Bertz CT molecular complexity index is 650. The van der Waals surface area contributed by atoms with Gasteiger partial charge in [0.1, 0.15) is 11.9 Å². The van der Waals surface area contributed by atoms with Crippen molar-refractivity contribution in [1.82, 2.24) is 9.78 Å². The zero-order valence-electron chi connectivity index (χ0n) is 11.8. The monoisotopic (exact) mass is 300 g/mol.